The first-order valence-corrected chi connectivity index (χ1v) is 8.08. The Morgan fingerprint density at radius 2 is 2.08 bits per heavy atom. The maximum Gasteiger partial charge on any atom is 0.366 e. The molecular formula is C15H17N5O3S+. The van der Waals surface area contributed by atoms with Crippen molar-refractivity contribution < 1.29 is 14.3 Å². The monoisotopic (exact) mass is 347 g/mol. The van der Waals surface area contributed by atoms with Gasteiger partial charge in [0.15, 0.2) is 0 Å². The molecule has 2 N–H and O–H groups in total. The molecule has 9 heteroatoms. The molecule has 1 unspecified atom stereocenters. The van der Waals surface area contributed by atoms with Gasteiger partial charge in [-0.25, -0.2) is 9.59 Å². The van der Waals surface area contributed by atoms with Crippen LogP contribution in [0.2, 0.25) is 0 Å². The van der Waals surface area contributed by atoms with Crippen LogP contribution in [0.4, 0.5) is 4.79 Å². The highest BCUT2D eigenvalue weighted by Gasteiger charge is 2.54. The molecule has 1 aromatic carbocycles. The lowest BCUT2D eigenvalue weighted by Crippen LogP contribution is -2.53. The number of amidine groups is 1. The van der Waals surface area contributed by atoms with Gasteiger partial charge in [-0.15, -0.1) is 0 Å². The van der Waals surface area contributed by atoms with E-state index in [1.807, 2.05) is 49.3 Å². The highest BCUT2D eigenvalue weighted by atomic mass is 32.2. The van der Waals surface area contributed by atoms with Crippen molar-refractivity contribution in [2.75, 3.05) is 14.1 Å². The van der Waals surface area contributed by atoms with E-state index in [-0.39, 0.29) is 17.8 Å². The SMILES string of the molecule is CN(C)C1SC2=NC(C(=O)OCc3ccccc3)=C[N+]2N1C(N)=O. The average Bonchev–Trinajstić information content (AvgIpc) is 3.10. The Labute approximate surface area is 143 Å². The van der Waals surface area contributed by atoms with Gasteiger partial charge >= 0.3 is 17.2 Å². The number of primary amides is 1. The number of rotatable bonds is 4. The third kappa shape index (κ3) is 3.14. The molecule has 1 atom stereocenters. The number of benzene rings is 1. The lowest BCUT2D eigenvalue weighted by Gasteiger charge is -2.21. The Morgan fingerprint density at radius 1 is 1.38 bits per heavy atom. The van der Waals surface area contributed by atoms with E-state index in [9.17, 15) is 9.59 Å². The Morgan fingerprint density at radius 3 is 2.71 bits per heavy atom. The molecule has 0 saturated carbocycles. The van der Waals surface area contributed by atoms with Gasteiger partial charge < -0.3 is 10.5 Å². The highest BCUT2D eigenvalue weighted by Crippen LogP contribution is 2.34. The molecule has 0 spiro atoms. The second-order valence-corrected chi connectivity index (χ2v) is 6.43. The summed E-state index contributed by atoms with van der Waals surface area (Å²) in [7, 11) is 3.66. The zero-order chi connectivity index (χ0) is 17.3. The largest absolute Gasteiger partial charge is 0.456 e. The number of urea groups is 1. The smallest absolute Gasteiger partial charge is 0.366 e. The summed E-state index contributed by atoms with van der Waals surface area (Å²) < 4.78 is 5.25. The molecule has 2 aliphatic heterocycles. The van der Waals surface area contributed by atoms with Gasteiger partial charge in [-0.2, -0.15) is 4.99 Å². The number of carbonyl (C=O) groups excluding carboxylic acids is 2. The van der Waals surface area contributed by atoms with Crippen LogP contribution in [0.25, 0.3) is 0 Å². The summed E-state index contributed by atoms with van der Waals surface area (Å²) in [6.45, 7) is 0.162. The van der Waals surface area contributed by atoms with Crippen LogP contribution >= 0.6 is 11.8 Å². The molecular weight excluding hydrogens is 330 g/mol. The normalized spacial score (nSPS) is 20.0. The first-order chi connectivity index (χ1) is 11.5. The van der Waals surface area contributed by atoms with Gasteiger partial charge in [-0.1, -0.05) is 35.3 Å². The molecule has 2 aliphatic rings. The number of carbonyl (C=O) groups is 2. The number of nitrogens with zero attached hydrogens (tertiary/aromatic N) is 4. The Bertz CT molecular complexity index is 719. The second kappa shape index (κ2) is 6.63. The third-order valence-corrected chi connectivity index (χ3v) is 4.72. The number of esters is 1. The molecule has 2 amide bonds. The maximum absolute atomic E-state index is 12.2. The number of amides is 2. The molecule has 0 aromatic heterocycles. The average molecular weight is 347 g/mol. The van der Waals surface area contributed by atoms with Crippen molar-refractivity contribution in [1.29, 1.82) is 0 Å². The summed E-state index contributed by atoms with van der Waals surface area (Å²) in [5, 5.41) is 3.33. The van der Waals surface area contributed by atoms with Crippen molar-refractivity contribution in [2.24, 2.45) is 10.7 Å². The fourth-order valence-corrected chi connectivity index (χ4v) is 3.38. The van der Waals surface area contributed by atoms with E-state index in [1.54, 1.807) is 0 Å². The van der Waals surface area contributed by atoms with Gasteiger partial charge in [-0.3, -0.25) is 4.90 Å². The van der Waals surface area contributed by atoms with Crippen molar-refractivity contribution in [3.8, 4) is 0 Å². The summed E-state index contributed by atoms with van der Waals surface area (Å²) in [6.07, 6.45) is 1.46. The first kappa shape index (κ1) is 16.5. The standard InChI is InChI=1S/C15H17N5O3S/c1-18(2)15-20(13(16)22)19-8-11(17-14(19)24-15)12(21)23-9-10-6-4-3-5-7-10/h3-8,15H,9H2,1-2H3,(H2,16,22)/q+1. The van der Waals surface area contributed by atoms with Crippen LogP contribution < -0.4 is 10.7 Å². The second-order valence-electron chi connectivity index (χ2n) is 5.41. The van der Waals surface area contributed by atoms with Gasteiger partial charge in [0.1, 0.15) is 6.61 Å². The van der Waals surface area contributed by atoms with Gasteiger partial charge in [-0.05, 0) is 19.7 Å². The highest BCUT2D eigenvalue weighted by molar-refractivity contribution is 8.14. The number of hydrazine groups is 1. The Kier molecular flexibility index (Phi) is 4.56. The van der Waals surface area contributed by atoms with Crippen molar-refractivity contribution >= 4 is 28.9 Å². The predicted octanol–water partition coefficient (Wildman–Crippen LogP) is 0.969. The molecule has 0 aliphatic carbocycles. The topological polar surface area (TPSA) is 94.1 Å². The van der Waals surface area contributed by atoms with Crippen LogP contribution in [0.1, 0.15) is 5.56 Å². The maximum atomic E-state index is 12.2. The molecule has 8 nitrogen and oxygen atoms in total. The summed E-state index contributed by atoms with van der Waals surface area (Å²) in [6, 6.07) is 8.75. The van der Waals surface area contributed by atoms with E-state index in [0.717, 1.165) is 5.56 Å². The lowest BCUT2D eigenvalue weighted by atomic mass is 10.2. The van der Waals surface area contributed by atoms with Crippen molar-refractivity contribution in [1.82, 2.24) is 14.9 Å². The predicted molar refractivity (Wildman–Crippen MR) is 90.4 cm³/mol. The van der Waals surface area contributed by atoms with Gasteiger partial charge in [0, 0.05) is 16.8 Å². The molecule has 1 aromatic rings. The number of nitrogens with two attached hydrogens (primary N) is 1. The van der Waals surface area contributed by atoms with Crippen LogP contribution in [0.5, 0.6) is 0 Å². The summed E-state index contributed by atoms with van der Waals surface area (Å²) in [4.78, 5) is 29.9. The number of ether oxygens (including phenoxy) is 1. The van der Waals surface area contributed by atoms with Crippen LogP contribution in [0.15, 0.2) is 47.2 Å². The molecule has 1 fully saturated rings. The Hall–Kier alpha value is -2.36. The summed E-state index contributed by atoms with van der Waals surface area (Å²) >= 11 is 1.33. The van der Waals surface area contributed by atoms with Crippen LogP contribution in [0, 0.1) is 0 Å². The quantitative estimate of drug-likeness (QED) is 0.647. The van der Waals surface area contributed by atoms with Gasteiger partial charge in [0.05, 0.1) is 0 Å². The minimum atomic E-state index is -0.624. The van der Waals surface area contributed by atoms with E-state index in [2.05, 4.69) is 4.99 Å². The number of aliphatic imine (C=N–C) groups is 1. The van der Waals surface area contributed by atoms with Gasteiger partial charge in [0.2, 0.25) is 17.4 Å². The van der Waals surface area contributed by atoms with E-state index in [0.29, 0.717) is 5.17 Å². The minimum Gasteiger partial charge on any atom is -0.456 e. The minimum absolute atomic E-state index is 0.136. The van der Waals surface area contributed by atoms with Crippen LogP contribution in [-0.2, 0) is 16.1 Å². The molecule has 3 rings (SSSR count). The van der Waals surface area contributed by atoms with Crippen molar-refractivity contribution in [3.63, 3.8) is 0 Å². The molecule has 1 saturated heterocycles. The fourth-order valence-electron chi connectivity index (χ4n) is 2.27. The third-order valence-electron chi connectivity index (χ3n) is 3.40. The molecule has 2 heterocycles. The molecule has 1 radical (unpaired) electrons. The molecule has 125 valence electrons. The lowest BCUT2D eigenvalue weighted by molar-refractivity contribution is -0.140. The van der Waals surface area contributed by atoms with E-state index < -0.39 is 12.0 Å². The van der Waals surface area contributed by atoms with E-state index in [4.69, 9.17) is 10.5 Å². The Balaban J connectivity index is 1.69. The summed E-state index contributed by atoms with van der Waals surface area (Å²) in [5.74, 6) is -0.549. The molecule has 24 heavy (non-hydrogen) atoms. The zero-order valence-corrected chi connectivity index (χ0v) is 14.1. The summed E-state index contributed by atoms with van der Waals surface area (Å²) in [5.41, 5.74) is 6.16. The van der Waals surface area contributed by atoms with E-state index in [1.165, 1.54) is 28.0 Å². The number of thioether (sulfide) groups is 1. The van der Waals surface area contributed by atoms with Crippen LogP contribution in [-0.4, -0.2) is 46.7 Å². The first-order valence-electron chi connectivity index (χ1n) is 7.20. The zero-order valence-electron chi connectivity index (χ0n) is 13.2. The van der Waals surface area contributed by atoms with Crippen LogP contribution in [0.3, 0.4) is 0 Å². The number of hydrogen-bond donors (Lipinski definition) is 1. The fraction of sp³-hybridized carbons (Fsp3) is 0.267. The van der Waals surface area contributed by atoms with Crippen molar-refractivity contribution in [3.05, 3.63) is 47.8 Å². The molecule has 0 bridgehead atoms. The van der Waals surface area contributed by atoms with E-state index >= 15 is 0 Å². The number of fused-ring (bicyclic) bond motifs is 1. The number of hydrogen-bond acceptors (Lipinski definition) is 7. The van der Waals surface area contributed by atoms with Crippen molar-refractivity contribution in [2.45, 2.75) is 12.1 Å². The van der Waals surface area contributed by atoms with Gasteiger partial charge in [0.25, 0.3) is 0 Å².